The molecule has 0 spiro atoms. The van der Waals surface area contributed by atoms with Crippen LogP contribution in [0, 0.1) is 0 Å². The van der Waals surface area contributed by atoms with Gasteiger partial charge in [-0.25, -0.2) is 0 Å². The highest BCUT2D eigenvalue weighted by atomic mass is 16.4. The van der Waals surface area contributed by atoms with Crippen molar-refractivity contribution >= 4 is 7.48 Å². The summed E-state index contributed by atoms with van der Waals surface area (Å²) in [4.78, 5) is 0. The van der Waals surface area contributed by atoms with Crippen molar-refractivity contribution in [1.29, 1.82) is 0 Å². The van der Waals surface area contributed by atoms with Crippen molar-refractivity contribution < 1.29 is 4.65 Å². The van der Waals surface area contributed by atoms with E-state index in [1.807, 2.05) is 12.9 Å². The summed E-state index contributed by atoms with van der Waals surface area (Å²) < 4.78 is 5.20. The molecule has 53 valence electrons. The van der Waals surface area contributed by atoms with Gasteiger partial charge in [-0.1, -0.05) is 18.5 Å². The van der Waals surface area contributed by atoms with Crippen LogP contribution in [0.2, 0.25) is 0 Å². The summed E-state index contributed by atoms with van der Waals surface area (Å²) in [6.45, 7) is 6.24. The van der Waals surface area contributed by atoms with Crippen LogP contribution < -0.4 is 0 Å². The number of hydrogen-bond donors (Lipinski definition) is 0. The van der Waals surface area contributed by atoms with Gasteiger partial charge in [-0.15, -0.1) is 0 Å². The van der Waals surface area contributed by atoms with E-state index >= 15 is 0 Å². The summed E-state index contributed by atoms with van der Waals surface area (Å²) in [6.07, 6.45) is 1.09. The van der Waals surface area contributed by atoms with E-state index in [9.17, 15) is 0 Å². The van der Waals surface area contributed by atoms with Gasteiger partial charge in [0.05, 0.1) is 5.76 Å². The monoisotopic (exact) mass is 135 g/mol. The Morgan fingerprint density at radius 2 is 2.20 bits per heavy atom. The molecule has 1 nitrogen and oxygen atoms in total. The Kier molecular flexibility index (Phi) is 2.20. The summed E-state index contributed by atoms with van der Waals surface area (Å²) in [6, 6.07) is 0. The second kappa shape index (κ2) is 2.95. The number of allylic oxidation sites excluding steroid dienone is 3. The molecule has 0 amide bonds. The molecule has 0 bridgehead atoms. The van der Waals surface area contributed by atoms with Gasteiger partial charge in [0.2, 0.25) is 0 Å². The van der Waals surface area contributed by atoms with Crippen LogP contribution in [0.3, 0.4) is 0 Å². The van der Waals surface area contributed by atoms with Crippen molar-refractivity contribution in [3.8, 4) is 0 Å². The van der Waals surface area contributed by atoms with Crippen LogP contribution in [0.1, 0.15) is 27.2 Å². The van der Waals surface area contributed by atoms with Gasteiger partial charge in [0.1, 0.15) is 0 Å². The molecule has 1 rings (SSSR count). The van der Waals surface area contributed by atoms with E-state index in [1.54, 1.807) is 7.48 Å². The Labute approximate surface area is 63.0 Å². The molecular formula is C8H12BO. The largest absolute Gasteiger partial charge is 0.561 e. The first kappa shape index (κ1) is 7.45. The lowest BCUT2D eigenvalue weighted by Gasteiger charge is -2.15. The second-order valence-corrected chi connectivity index (χ2v) is 2.48. The third-order valence-corrected chi connectivity index (χ3v) is 1.90. The molecule has 0 atom stereocenters. The van der Waals surface area contributed by atoms with Crippen LogP contribution in [0.4, 0.5) is 0 Å². The molecule has 0 aliphatic carbocycles. The average Bonchev–Trinajstić information content (AvgIpc) is 1.95. The van der Waals surface area contributed by atoms with Gasteiger partial charge in [0, 0.05) is 0 Å². The summed E-state index contributed by atoms with van der Waals surface area (Å²) in [5.41, 5.74) is 2.66. The fraction of sp³-hybridized carbons (Fsp3) is 0.500. The maximum Gasteiger partial charge on any atom is 0.400 e. The average molecular weight is 135 g/mol. The topological polar surface area (TPSA) is 9.23 Å². The van der Waals surface area contributed by atoms with Crippen LogP contribution in [0.15, 0.2) is 22.9 Å². The fourth-order valence-corrected chi connectivity index (χ4v) is 1.04. The van der Waals surface area contributed by atoms with Gasteiger partial charge in [-0.3, -0.25) is 0 Å². The van der Waals surface area contributed by atoms with E-state index in [0.717, 1.165) is 12.2 Å². The summed E-state index contributed by atoms with van der Waals surface area (Å²) in [7, 11) is 1.75. The van der Waals surface area contributed by atoms with Gasteiger partial charge < -0.3 is 4.65 Å². The highest BCUT2D eigenvalue weighted by molar-refractivity contribution is 6.35. The number of hydrogen-bond acceptors (Lipinski definition) is 1. The van der Waals surface area contributed by atoms with Crippen molar-refractivity contribution in [3.63, 3.8) is 0 Å². The SMILES string of the molecule is CCC1=C[B]OC(C)=C1C. The third kappa shape index (κ3) is 1.26. The zero-order valence-electron chi connectivity index (χ0n) is 6.77. The molecule has 0 N–H and O–H groups in total. The normalized spacial score (nSPS) is 17.7. The van der Waals surface area contributed by atoms with Gasteiger partial charge in [-0.05, 0) is 25.8 Å². The molecule has 1 heterocycles. The highest BCUT2D eigenvalue weighted by Crippen LogP contribution is 2.20. The van der Waals surface area contributed by atoms with Gasteiger partial charge in [-0.2, -0.15) is 0 Å². The quantitative estimate of drug-likeness (QED) is 0.501. The standard InChI is InChI=1S/C8H12BO/c1-4-8-5-9-10-7(3)6(8)2/h5H,4H2,1-3H3. The molecule has 0 fully saturated rings. The Bertz CT molecular complexity index is 191. The smallest absolute Gasteiger partial charge is 0.400 e. The van der Waals surface area contributed by atoms with E-state index < -0.39 is 0 Å². The predicted octanol–water partition coefficient (Wildman–Crippen LogP) is 2.22. The minimum absolute atomic E-state index is 1.03. The van der Waals surface area contributed by atoms with Gasteiger partial charge in [0.15, 0.2) is 0 Å². The molecule has 0 aromatic heterocycles. The van der Waals surface area contributed by atoms with Crippen LogP contribution in [-0.2, 0) is 4.65 Å². The van der Waals surface area contributed by atoms with Gasteiger partial charge in [0.25, 0.3) is 0 Å². The first-order valence-electron chi connectivity index (χ1n) is 3.62. The van der Waals surface area contributed by atoms with Crippen molar-refractivity contribution in [2.24, 2.45) is 0 Å². The van der Waals surface area contributed by atoms with Crippen molar-refractivity contribution in [2.75, 3.05) is 0 Å². The minimum atomic E-state index is 1.03. The van der Waals surface area contributed by atoms with Gasteiger partial charge >= 0.3 is 7.48 Å². The zero-order valence-corrected chi connectivity index (χ0v) is 6.77. The highest BCUT2D eigenvalue weighted by Gasteiger charge is 2.08. The maximum atomic E-state index is 5.20. The lowest BCUT2D eigenvalue weighted by Crippen LogP contribution is -2.05. The predicted molar refractivity (Wildman–Crippen MR) is 43.6 cm³/mol. The Hall–Kier alpha value is -0.655. The Balaban J connectivity index is 2.83. The Morgan fingerprint density at radius 3 is 2.70 bits per heavy atom. The zero-order chi connectivity index (χ0) is 7.56. The third-order valence-electron chi connectivity index (χ3n) is 1.90. The van der Waals surface area contributed by atoms with Crippen molar-refractivity contribution in [2.45, 2.75) is 27.2 Å². The molecule has 1 aliphatic heterocycles. The molecule has 10 heavy (non-hydrogen) atoms. The lowest BCUT2D eigenvalue weighted by molar-refractivity contribution is 0.451. The molecule has 1 radical (unpaired) electrons. The molecule has 0 aromatic carbocycles. The summed E-state index contributed by atoms with van der Waals surface area (Å²) >= 11 is 0. The van der Waals surface area contributed by atoms with Crippen LogP contribution >= 0.6 is 0 Å². The minimum Gasteiger partial charge on any atom is -0.561 e. The summed E-state index contributed by atoms with van der Waals surface area (Å²) in [5.74, 6) is 3.06. The molecule has 2 heteroatoms. The van der Waals surface area contributed by atoms with Crippen LogP contribution in [0.25, 0.3) is 0 Å². The van der Waals surface area contributed by atoms with E-state index in [1.165, 1.54) is 11.1 Å². The fourth-order valence-electron chi connectivity index (χ4n) is 1.04. The molecule has 0 saturated carbocycles. The molecule has 0 aromatic rings. The van der Waals surface area contributed by atoms with E-state index in [4.69, 9.17) is 4.65 Å². The molecular weight excluding hydrogens is 123 g/mol. The maximum absolute atomic E-state index is 5.20. The Morgan fingerprint density at radius 1 is 1.50 bits per heavy atom. The van der Waals surface area contributed by atoms with Crippen LogP contribution in [-0.4, -0.2) is 7.48 Å². The first-order valence-corrected chi connectivity index (χ1v) is 3.62. The van der Waals surface area contributed by atoms with E-state index in [2.05, 4.69) is 13.8 Å². The lowest BCUT2D eigenvalue weighted by atomic mass is 9.88. The first-order chi connectivity index (χ1) is 4.75. The molecule has 0 saturated heterocycles. The second-order valence-electron chi connectivity index (χ2n) is 2.48. The van der Waals surface area contributed by atoms with Crippen LogP contribution in [0.5, 0.6) is 0 Å². The van der Waals surface area contributed by atoms with Crippen molar-refractivity contribution in [3.05, 3.63) is 22.9 Å². The van der Waals surface area contributed by atoms with E-state index in [0.29, 0.717) is 0 Å². The molecule has 0 unspecified atom stereocenters. The summed E-state index contributed by atoms with van der Waals surface area (Å²) in [5, 5.41) is 0. The molecule has 1 aliphatic rings. The van der Waals surface area contributed by atoms with Crippen molar-refractivity contribution in [1.82, 2.24) is 0 Å². The number of rotatable bonds is 1. The van der Waals surface area contributed by atoms with E-state index in [-0.39, 0.29) is 0 Å².